The van der Waals surface area contributed by atoms with Crippen molar-refractivity contribution in [2.45, 2.75) is 45.3 Å². The summed E-state index contributed by atoms with van der Waals surface area (Å²) in [5.41, 5.74) is 0.205. The smallest absolute Gasteiger partial charge is 0.0578 e. The molecular weight excluding hydrogens is 138 g/mol. The second kappa shape index (κ2) is 3.11. The third-order valence-corrected chi connectivity index (χ3v) is 2.53. The fourth-order valence-electron chi connectivity index (χ4n) is 1.86. The predicted molar refractivity (Wildman–Crippen MR) is 46.5 cm³/mol. The van der Waals surface area contributed by atoms with Crippen molar-refractivity contribution in [2.24, 2.45) is 5.92 Å². The topological polar surface area (TPSA) is 32.3 Å². The van der Waals surface area contributed by atoms with E-state index < -0.39 is 0 Å². The Hall–Kier alpha value is -0.0800. The van der Waals surface area contributed by atoms with E-state index >= 15 is 0 Å². The summed E-state index contributed by atoms with van der Waals surface area (Å²) in [6.45, 7) is 7.46. The van der Waals surface area contributed by atoms with Crippen LogP contribution < -0.4 is 5.32 Å². The molecule has 2 heteroatoms. The maximum atomic E-state index is 9.55. The van der Waals surface area contributed by atoms with Crippen molar-refractivity contribution in [2.75, 3.05) is 6.54 Å². The van der Waals surface area contributed by atoms with Gasteiger partial charge >= 0.3 is 0 Å². The van der Waals surface area contributed by atoms with E-state index in [9.17, 15) is 5.11 Å². The summed E-state index contributed by atoms with van der Waals surface area (Å²) in [6, 6.07) is 0. The van der Waals surface area contributed by atoms with Crippen molar-refractivity contribution >= 4 is 0 Å². The Bertz CT molecular complexity index is 134. The number of nitrogens with one attached hydrogen (secondary N) is 1. The van der Waals surface area contributed by atoms with E-state index in [2.05, 4.69) is 26.1 Å². The molecule has 0 aromatic rings. The summed E-state index contributed by atoms with van der Waals surface area (Å²) in [7, 11) is 0. The van der Waals surface area contributed by atoms with Crippen molar-refractivity contribution < 1.29 is 5.11 Å². The first-order chi connectivity index (χ1) is 5.01. The van der Waals surface area contributed by atoms with Crippen LogP contribution in [-0.2, 0) is 0 Å². The van der Waals surface area contributed by atoms with Crippen LogP contribution in [0, 0.1) is 5.92 Å². The fraction of sp³-hybridized carbons (Fsp3) is 1.00. The van der Waals surface area contributed by atoms with E-state index in [-0.39, 0.29) is 11.6 Å². The molecule has 1 heterocycles. The molecule has 0 aromatic heterocycles. The number of hydrogen-bond acceptors (Lipinski definition) is 2. The molecule has 1 aliphatic rings. The molecule has 0 aromatic carbocycles. The van der Waals surface area contributed by atoms with Crippen molar-refractivity contribution in [3.05, 3.63) is 0 Å². The number of rotatable bonds is 0. The molecule has 1 saturated heterocycles. The number of hydrogen-bond donors (Lipinski definition) is 2. The molecular formula is C9H19NO. The molecule has 1 rings (SSSR count). The molecule has 2 N–H and O–H groups in total. The van der Waals surface area contributed by atoms with Gasteiger partial charge in [-0.2, -0.15) is 0 Å². The molecule has 11 heavy (non-hydrogen) atoms. The van der Waals surface area contributed by atoms with Gasteiger partial charge < -0.3 is 10.4 Å². The summed E-state index contributed by atoms with van der Waals surface area (Å²) in [5.74, 6) is 0.431. The van der Waals surface area contributed by atoms with Gasteiger partial charge in [0.05, 0.1) is 6.10 Å². The highest BCUT2D eigenvalue weighted by molar-refractivity contribution is 4.85. The van der Waals surface area contributed by atoms with E-state index in [4.69, 9.17) is 0 Å². The van der Waals surface area contributed by atoms with Gasteiger partial charge in [-0.3, -0.25) is 0 Å². The minimum Gasteiger partial charge on any atom is -0.393 e. The maximum Gasteiger partial charge on any atom is 0.0578 e. The van der Waals surface area contributed by atoms with Gasteiger partial charge in [-0.1, -0.05) is 6.92 Å². The Kier molecular flexibility index (Phi) is 2.55. The van der Waals surface area contributed by atoms with Gasteiger partial charge in [-0.15, -0.1) is 0 Å². The molecule has 66 valence electrons. The molecule has 2 atom stereocenters. The zero-order valence-electron chi connectivity index (χ0n) is 7.72. The van der Waals surface area contributed by atoms with Gasteiger partial charge in [0, 0.05) is 5.54 Å². The molecule has 0 amide bonds. The van der Waals surface area contributed by atoms with Crippen LogP contribution >= 0.6 is 0 Å². The molecule has 0 bridgehead atoms. The number of aliphatic hydroxyl groups excluding tert-OH is 1. The molecule has 0 saturated carbocycles. The monoisotopic (exact) mass is 157 g/mol. The van der Waals surface area contributed by atoms with Crippen LogP contribution in [0.5, 0.6) is 0 Å². The summed E-state index contributed by atoms with van der Waals surface area (Å²) in [6.07, 6.45) is 1.85. The van der Waals surface area contributed by atoms with Crippen LogP contribution in [-0.4, -0.2) is 23.3 Å². The first-order valence-corrected chi connectivity index (χ1v) is 4.44. The standard InChI is InChI=1S/C9H19NO/c1-7-6-9(2,3)10-5-4-8(7)11/h7-8,10-11H,4-6H2,1-3H3/t7-,8?/m1/s1. The van der Waals surface area contributed by atoms with E-state index in [0.29, 0.717) is 5.92 Å². The number of aliphatic hydroxyl groups is 1. The van der Waals surface area contributed by atoms with Crippen LogP contribution in [0.3, 0.4) is 0 Å². The lowest BCUT2D eigenvalue weighted by Crippen LogP contribution is -2.39. The van der Waals surface area contributed by atoms with Crippen LogP contribution in [0.1, 0.15) is 33.6 Å². The Morgan fingerprint density at radius 3 is 2.73 bits per heavy atom. The van der Waals surface area contributed by atoms with Crippen molar-refractivity contribution in [3.63, 3.8) is 0 Å². The Balaban J connectivity index is 2.55. The first-order valence-electron chi connectivity index (χ1n) is 4.44. The molecule has 0 radical (unpaired) electrons. The Labute approximate surface area is 69.0 Å². The second-order valence-electron chi connectivity index (χ2n) is 4.35. The van der Waals surface area contributed by atoms with E-state index in [1.807, 2.05) is 0 Å². The van der Waals surface area contributed by atoms with Gasteiger partial charge in [-0.05, 0) is 39.2 Å². The third kappa shape index (κ3) is 2.46. The summed E-state index contributed by atoms with van der Waals surface area (Å²) in [5, 5.41) is 13.0. The second-order valence-corrected chi connectivity index (χ2v) is 4.35. The quantitative estimate of drug-likeness (QED) is 0.553. The lowest BCUT2D eigenvalue weighted by atomic mass is 9.90. The van der Waals surface area contributed by atoms with Crippen molar-refractivity contribution in [1.29, 1.82) is 0 Å². The van der Waals surface area contributed by atoms with Crippen LogP contribution in [0.25, 0.3) is 0 Å². The molecule has 1 aliphatic heterocycles. The highest BCUT2D eigenvalue weighted by Gasteiger charge is 2.27. The average molecular weight is 157 g/mol. The maximum absolute atomic E-state index is 9.55. The van der Waals surface area contributed by atoms with Gasteiger partial charge in [0.2, 0.25) is 0 Å². The van der Waals surface area contributed by atoms with Gasteiger partial charge in [-0.25, -0.2) is 0 Å². The third-order valence-electron chi connectivity index (χ3n) is 2.53. The van der Waals surface area contributed by atoms with Crippen molar-refractivity contribution in [1.82, 2.24) is 5.32 Å². The lowest BCUT2D eigenvalue weighted by Gasteiger charge is -2.26. The van der Waals surface area contributed by atoms with Crippen LogP contribution in [0.15, 0.2) is 0 Å². The van der Waals surface area contributed by atoms with Gasteiger partial charge in [0.1, 0.15) is 0 Å². The fourth-order valence-corrected chi connectivity index (χ4v) is 1.86. The zero-order chi connectivity index (χ0) is 8.48. The van der Waals surface area contributed by atoms with Crippen LogP contribution in [0.4, 0.5) is 0 Å². The molecule has 0 spiro atoms. The molecule has 0 aliphatic carbocycles. The van der Waals surface area contributed by atoms with Crippen molar-refractivity contribution in [3.8, 4) is 0 Å². The molecule has 2 nitrogen and oxygen atoms in total. The average Bonchev–Trinajstić information content (AvgIpc) is 1.93. The highest BCUT2D eigenvalue weighted by atomic mass is 16.3. The minimum absolute atomic E-state index is 0.107. The Morgan fingerprint density at radius 2 is 2.09 bits per heavy atom. The van der Waals surface area contributed by atoms with Gasteiger partial charge in [0.25, 0.3) is 0 Å². The van der Waals surface area contributed by atoms with E-state index in [1.54, 1.807) is 0 Å². The largest absolute Gasteiger partial charge is 0.393 e. The normalized spacial score (nSPS) is 38.2. The molecule has 1 fully saturated rings. The zero-order valence-corrected chi connectivity index (χ0v) is 7.72. The van der Waals surface area contributed by atoms with E-state index in [0.717, 1.165) is 19.4 Å². The summed E-state index contributed by atoms with van der Waals surface area (Å²) >= 11 is 0. The first kappa shape index (κ1) is 9.01. The minimum atomic E-state index is -0.107. The van der Waals surface area contributed by atoms with Gasteiger partial charge in [0.15, 0.2) is 0 Å². The van der Waals surface area contributed by atoms with Crippen LogP contribution in [0.2, 0.25) is 0 Å². The summed E-state index contributed by atoms with van der Waals surface area (Å²) in [4.78, 5) is 0. The highest BCUT2D eigenvalue weighted by Crippen LogP contribution is 2.23. The molecule has 1 unspecified atom stereocenters. The predicted octanol–water partition coefficient (Wildman–Crippen LogP) is 1.15. The van der Waals surface area contributed by atoms with E-state index in [1.165, 1.54) is 0 Å². The summed E-state index contributed by atoms with van der Waals surface area (Å²) < 4.78 is 0. The lowest BCUT2D eigenvalue weighted by molar-refractivity contribution is 0.108. The Morgan fingerprint density at radius 1 is 1.45 bits per heavy atom. The SMILES string of the molecule is C[C@@H]1CC(C)(C)NCCC1O.